The minimum atomic E-state index is -1.39. The Hall–Kier alpha value is -4.29. The number of carboxylic acids is 1. The number of nitrogens with zero attached hydrogens (tertiary/aromatic N) is 2. The van der Waals surface area contributed by atoms with Crippen LogP contribution in [0.4, 0.5) is 5.69 Å². The van der Waals surface area contributed by atoms with E-state index in [2.05, 4.69) is 5.32 Å². The van der Waals surface area contributed by atoms with Gasteiger partial charge in [-0.3, -0.25) is 4.79 Å². The van der Waals surface area contributed by atoms with Crippen LogP contribution >= 0.6 is 0 Å². The number of amides is 1. The summed E-state index contributed by atoms with van der Waals surface area (Å²) in [7, 11) is 7.76. The van der Waals surface area contributed by atoms with Gasteiger partial charge in [-0.2, -0.15) is 0 Å². The average molecular weight is 605 g/mol. The molecule has 4 rings (SSSR count). The molecule has 0 saturated carbocycles. The largest absolute Gasteiger partial charge is 0.545 e. The van der Waals surface area contributed by atoms with Crippen LogP contribution in [0.15, 0.2) is 59.0 Å². The Morgan fingerprint density at radius 2 is 1.57 bits per heavy atom. The number of carboxylic acid groups (broad SMARTS) is 1. The number of carbonyl (C=O) groups is 2. The van der Waals surface area contributed by atoms with Crippen molar-refractivity contribution in [3.05, 3.63) is 71.1 Å². The van der Waals surface area contributed by atoms with Gasteiger partial charge in [-0.1, -0.05) is 6.07 Å². The number of nitrogens with one attached hydrogen (secondary N) is 1. The maximum absolute atomic E-state index is 12.9. The predicted octanol–water partition coefficient (Wildman–Crippen LogP) is 1.40. The third kappa shape index (κ3) is 8.00. The van der Waals surface area contributed by atoms with Crippen molar-refractivity contribution >= 4 is 28.5 Å². The number of fused-ring (bicyclic) bond motifs is 2. The molecule has 0 aromatic heterocycles. The van der Waals surface area contributed by atoms with E-state index in [1.54, 1.807) is 12.1 Å². The monoisotopic (exact) mass is 604 g/mol. The van der Waals surface area contributed by atoms with Gasteiger partial charge in [-0.15, -0.1) is 0 Å². The minimum absolute atomic E-state index is 0.0938. The second-order valence-electron chi connectivity index (χ2n) is 10.6. The molecule has 1 aliphatic heterocycles. The van der Waals surface area contributed by atoms with Crippen LogP contribution < -0.4 is 31.0 Å². The highest BCUT2D eigenvalue weighted by atomic mass is 16.5. The zero-order chi connectivity index (χ0) is 31.6. The van der Waals surface area contributed by atoms with Crippen molar-refractivity contribution in [1.82, 2.24) is 9.89 Å². The Morgan fingerprint density at radius 1 is 0.886 bits per heavy atom. The first-order chi connectivity index (χ1) is 21.2. The molecule has 0 fully saturated rings. The highest BCUT2D eigenvalue weighted by Gasteiger charge is 2.22. The maximum atomic E-state index is 12.9. The van der Waals surface area contributed by atoms with E-state index in [-0.39, 0.29) is 24.3 Å². The lowest BCUT2D eigenvalue weighted by atomic mass is 9.89. The molecule has 0 atom stereocenters. The molecule has 1 aliphatic carbocycles. The average Bonchev–Trinajstić information content (AvgIpc) is 3.01. The highest BCUT2D eigenvalue weighted by molar-refractivity contribution is 6.08. The third-order valence-electron chi connectivity index (χ3n) is 7.03. The van der Waals surface area contributed by atoms with Gasteiger partial charge >= 0.3 is 0 Å². The number of hydrogen-bond donors (Lipinski definition) is 2. The van der Waals surface area contributed by atoms with Gasteiger partial charge in [0.05, 0.1) is 51.7 Å². The molecular formula is C33H40N4O7. The molecule has 1 amide bonds. The standard InChI is InChI=1S/C33H40N4O7/c1-36(2)23-6-9-26-29(20-23)44-30-21-24(37(3)4)7-10-27(30)31(26)25-8-5-22(19-28(25)33(39)40)32(38)35-12-14-42-16-18-43-17-15-41-13-11-34/h5-10,19-21H,11-18,34H2,1-4H3,(H-,35,38,39,40). The molecule has 11 heteroatoms. The van der Waals surface area contributed by atoms with Crippen LogP contribution in [0, 0.1) is 0 Å². The van der Waals surface area contributed by atoms with Gasteiger partial charge in [0.25, 0.3) is 5.91 Å². The lowest BCUT2D eigenvalue weighted by molar-refractivity contribution is -0.254. The topological polar surface area (TPSA) is 142 Å². The SMILES string of the molecule is CN(C)c1ccc2c(-c3ccc(C(=O)NCCOCCOCCOCCN)cc3C(=O)[O-])c3ccc(=[N+](C)C)cc-3oc2c1. The van der Waals surface area contributed by atoms with Gasteiger partial charge in [-0.25, -0.2) is 4.58 Å². The molecule has 11 nitrogen and oxygen atoms in total. The molecule has 0 spiro atoms. The molecule has 0 saturated heterocycles. The Balaban J connectivity index is 1.56. The summed E-state index contributed by atoms with van der Waals surface area (Å²) in [5.41, 5.74) is 8.86. The minimum Gasteiger partial charge on any atom is -0.545 e. The molecule has 2 aliphatic rings. The summed E-state index contributed by atoms with van der Waals surface area (Å²) in [4.78, 5) is 27.3. The van der Waals surface area contributed by atoms with Crippen LogP contribution in [0.3, 0.4) is 0 Å². The number of anilines is 1. The van der Waals surface area contributed by atoms with E-state index in [9.17, 15) is 14.7 Å². The maximum Gasteiger partial charge on any atom is 0.251 e. The van der Waals surface area contributed by atoms with Crippen molar-refractivity contribution in [2.24, 2.45) is 5.73 Å². The van der Waals surface area contributed by atoms with Crippen molar-refractivity contribution in [2.45, 2.75) is 0 Å². The smallest absolute Gasteiger partial charge is 0.251 e. The van der Waals surface area contributed by atoms with Crippen LogP contribution in [0.2, 0.25) is 0 Å². The first-order valence-electron chi connectivity index (χ1n) is 14.5. The number of ether oxygens (including phenoxy) is 3. The lowest BCUT2D eigenvalue weighted by Gasteiger charge is -2.20. The van der Waals surface area contributed by atoms with Crippen LogP contribution in [-0.4, -0.2) is 92.8 Å². The van der Waals surface area contributed by atoms with Gasteiger partial charge in [-0.05, 0) is 35.9 Å². The van der Waals surface area contributed by atoms with Crippen molar-refractivity contribution < 1.29 is 33.3 Å². The lowest BCUT2D eigenvalue weighted by Crippen LogP contribution is -2.29. The first-order valence-corrected chi connectivity index (χ1v) is 14.5. The van der Waals surface area contributed by atoms with Crippen molar-refractivity contribution in [1.29, 1.82) is 0 Å². The molecule has 2 aromatic rings. The van der Waals surface area contributed by atoms with Crippen LogP contribution in [-0.2, 0) is 14.2 Å². The molecule has 3 N–H and O–H groups in total. The second-order valence-corrected chi connectivity index (χ2v) is 10.6. The second kappa shape index (κ2) is 15.4. The van der Waals surface area contributed by atoms with Crippen LogP contribution in [0.1, 0.15) is 20.7 Å². The Bertz CT molecular complexity index is 1640. The fourth-order valence-corrected chi connectivity index (χ4v) is 4.75. The molecular weight excluding hydrogens is 564 g/mol. The molecule has 2 aromatic carbocycles. The molecule has 234 valence electrons. The predicted molar refractivity (Wildman–Crippen MR) is 168 cm³/mol. The van der Waals surface area contributed by atoms with Gasteiger partial charge in [0.15, 0.2) is 0 Å². The summed E-state index contributed by atoms with van der Waals surface area (Å²) in [6.07, 6.45) is 0. The Labute approximate surface area is 256 Å². The van der Waals surface area contributed by atoms with E-state index in [0.717, 1.165) is 22.0 Å². The van der Waals surface area contributed by atoms with E-state index in [4.69, 9.17) is 24.4 Å². The summed E-state index contributed by atoms with van der Waals surface area (Å²) >= 11 is 0. The fraction of sp³-hybridized carbons (Fsp3) is 0.364. The molecule has 44 heavy (non-hydrogen) atoms. The fourth-order valence-electron chi connectivity index (χ4n) is 4.75. The summed E-state index contributed by atoms with van der Waals surface area (Å²) in [5, 5.41) is 16.9. The zero-order valence-electron chi connectivity index (χ0n) is 25.7. The van der Waals surface area contributed by atoms with Gasteiger partial charge < -0.3 is 44.5 Å². The van der Waals surface area contributed by atoms with E-state index in [0.29, 0.717) is 62.0 Å². The molecule has 0 bridgehead atoms. The molecule has 0 radical (unpaired) electrons. The number of hydrogen-bond acceptors (Lipinski definition) is 9. The van der Waals surface area contributed by atoms with Gasteiger partial charge in [0.2, 0.25) is 5.36 Å². The zero-order valence-corrected chi connectivity index (χ0v) is 25.7. The van der Waals surface area contributed by atoms with Crippen molar-refractivity contribution in [3.8, 4) is 22.5 Å². The Morgan fingerprint density at radius 3 is 2.23 bits per heavy atom. The third-order valence-corrected chi connectivity index (χ3v) is 7.03. The van der Waals surface area contributed by atoms with Crippen LogP contribution in [0.5, 0.6) is 0 Å². The number of carbonyl (C=O) groups excluding carboxylic acids is 2. The molecule has 0 unspecified atom stereocenters. The summed E-state index contributed by atoms with van der Waals surface area (Å²) in [6.45, 7) is 3.20. The van der Waals surface area contributed by atoms with Crippen LogP contribution in [0.25, 0.3) is 33.4 Å². The van der Waals surface area contributed by atoms with Crippen molar-refractivity contribution in [3.63, 3.8) is 0 Å². The van der Waals surface area contributed by atoms with Gasteiger partial charge in [0.1, 0.15) is 25.4 Å². The summed E-state index contributed by atoms with van der Waals surface area (Å²) in [6, 6.07) is 16.2. The summed E-state index contributed by atoms with van der Waals surface area (Å²) < 4.78 is 24.4. The van der Waals surface area contributed by atoms with E-state index >= 15 is 0 Å². The van der Waals surface area contributed by atoms with E-state index < -0.39 is 11.9 Å². The highest BCUT2D eigenvalue weighted by Crippen LogP contribution is 2.42. The number of benzene rings is 3. The normalized spacial score (nSPS) is 11.2. The number of rotatable bonds is 15. The quantitative estimate of drug-likeness (QED) is 0.117. The van der Waals surface area contributed by atoms with E-state index in [1.165, 1.54) is 6.07 Å². The summed E-state index contributed by atoms with van der Waals surface area (Å²) in [5.74, 6) is -1.20. The van der Waals surface area contributed by atoms with Crippen molar-refractivity contribution in [2.75, 3.05) is 85.8 Å². The number of aromatic carboxylic acids is 1. The first kappa shape index (κ1) is 32.6. The number of nitrogens with two attached hydrogens (primary N) is 1. The van der Waals surface area contributed by atoms with E-state index in [1.807, 2.05) is 74.1 Å². The Kier molecular flexibility index (Phi) is 11.4. The molecule has 1 heterocycles. The van der Waals surface area contributed by atoms with Gasteiger partial charge in [0, 0.05) is 72.6 Å².